The fourth-order valence-electron chi connectivity index (χ4n) is 1.84. The van der Waals surface area contributed by atoms with E-state index < -0.39 is 0 Å². The Kier molecular flexibility index (Phi) is 4.10. The lowest BCUT2D eigenvalue weighted by Gasteiger charge is -2.36. The lowest BCUT2D eigenvalue weighted by molar-refractivity contribution is -0.132. The highest BCUT2D eigenvalue weighted by Gasteiger charge is 2.25. The van der Waals surface area contributed by atoms with Gasteiger partial charge in [0.15, 0.2) is 0 Å². The molecular weight excluding hydrogens is 182 g/mol. The van der Waals surface area contributed by atoms with Crippen LogP contribution in [-0.2, 0) is 4.79 Å². The molecule has 0 aromatic rings. The van der Waals surface area contributed by atoms with E-state index in [0.717, 1.165) is 6.54 Å². The first kappa shape index (κ1) is 10.9. The summed E-state index contributed by atoms with van der Waals surface area (Å²) in [7, 11) is 0. The van der Waals surface area contributed by atoms with Crippen molar-refractivity contribution in [2.24, 2.45) is 5.92 Å². The van der Waals surface area contributed by atoms with Gasteiger partial charge < -0.3 is 4.90 Å². The highest BCUT2D eigenvalue weighted by atomic mass is 32.2. The smallest absolute Gasteiger partial charge is 0.232 e. The maximum absolute atomic E-state index is 11.7. The van der Waals surface area contributed by atoms with Crippen molar-refractivity contribution in [2.45, 2.75) is 32.7 Å². The highest BCUT2D eigenvalue weighted by Crippen LogP contribution is 2.21. The first-order valence-corrected chi connectivity index (χ1v) is 6.33. The molecule has 1 rings (SSSR count). The second-order valence-corrected chi connectivity index (χ2v) is 4.88. The number of carbonyl (C=O) groups excluding carboxylic acids is 1. The normalized spacial score (nSPS) is 29.0. The van der Waals surface area contributed by atoms with Gasteiger partial charge in [0.1, 0.15) is 0 Å². The van der Waals surface area contributed by atoms with Crippen LogP contribution in [0.15, 0.2) is 0 Å². The van der Waals surface area contributed by atoms with Gasteiger partial charge in [0.25, 0.3) is 0 Å². The Morgan fingerprint density at radius 3 is 2.77 bits per heavy atom. The van der Waals surface area contributed by atoms with Gasteiger partial charge in [-0.1, -0.05) is 6.92 Å². The predicted octanol–water partition coefficient (Wildman–Crippen LogP) is 2.00. The molecule has 3 heteroatoms. The molecule has 0 aliphatic carbocycles. The third kappa shape index (κ3) is 2.90. The number of carbonyl (C=O) groups is 1. The third-order valence-electron chi connectivity index (χ3n) is 2.71. The van der Waals surface area contributed by atoms with E-state index in [9.17, 15) is 4.79 Å². The molecule has 1 saturated heterocycles. The van der Waals surface area contributed by atoms with Gasteiger partial charge in [-0.3, -0.25) is 4.79 Å². The quantitative estimate of drug-likeness (QED) is 0.681. The number of amides is 1. The Labute approximate surface area is 85.1 Å². The molecule has 1 aliphatic rings. The fraction of sp³-hybridized carbons (Fsp3) is 0.900. The molecule has 2 unspecified atom stereocenters. The molecule has 1 aliphatic heterocycles. The highest BCUT2D eigenvalue weighted by molar-refractivity contribution is 7.99. The van der Waals surface area contributed by atoms with E-state index in [1.165, 1.54) is 12.8 Å². The summed E-state index contributed by atoms with van der Waals surface area (Å²) >= 11 is 1.62. The minimum atomic E-state index is 0.312. The summed E-state index contributed by atoms with van der Waals surface area (Å²) in [6.07, 6.45) is 4.42. The minimum absolute atomic E-state index is 0.312. The summed E-state index contributed by atoms with van der Waals surface area (Å²) in [5.74, 6) is 1.63. The van der Waals surface area contributed by atoms with Crippen LogP contribution in [0.25, 0.3) is 0 Å². The van der Waals surface area contributed by atoms with Crippen LogP contribution in [0.5, 0.6) is 0 Å². The lowest BCUT2D eigenvalue weighted by Crippen LogP contribution is -2.45. The summed E-state index contributed by atoms with van der Waals surface area (Å²) < 4.78 is 0. The van der Waals surface area contributed by atoms with E-state index in [-0.39, 0.29) is 0 Å². The van der Waals surface area contributed by atoms with Gasteiger partial charge in [-0.05, 0) is 31.9 Å². The van der Waals surface area contributed by atoms with Crippen LogP contribution in [0.3, 0.4) is 0 Å². The number of likely N-dealkylation sites (tertiary alicyclic amines) is 1. The van der Waals surface area contributed by atoms with Crippen molar-refractivity contribution in [3.63, 3.8) is 0 Å². The van der Waals surface area contributed by atoms with Crippen molar-refractivity contribution < 1.29 is 4.79 Å². The molecule has 2 nitrogen and oxygen atoms in total. The second kappa shape index (κ2) is 4.89. The Hall–Kier alpha value is -0.180. The number of thioether (sulfide) groups is 1. The summed E-state index contributed by atoms with van der Waals surface area (Å²) in [6, 6.07) is 0.454. The molecule has 2 atom stereocenters. The predicted molar refractivity (Wildman–Crippen MR) is 58.0 cm³/mol. The average molecular weight is 201 g/mol. The van der Waals surface area contributed by atoms with Gasteiger partial charge in [-0.2, -0.15) is 11.8 Å². The van der Waals surface area contributed by atoms with Crippen molar-refractivity contribution in [3.05, 3.63) is 0 Å². The number of hydrogen-bond acceptors (Lipinski definition) is 2. The summed E-state index contributed by atoms with van der Waals surface area (Å²) in [5, 5.41) is 0. The summed E-state index contributed by atoms with van der Waals surface area (Å²) in [4.78, 5) is 13.7. The maximum Gasteiger partial charge on any atom is 0.232 e. The fourth-order valence-corrected chi connectivity index (χ4v) is 2.26. The molecule has 0 saturated carbocycles. The van der Waals surface area contributed by atoms with E-state index in [4.69, 9.17) is 0 Å². The van der Waals surface area contributed by atoms with Crippen LogP contribution in [0.1, 0.15) is 26.7 Å². The summed E-state index contributed by atoms with van der Waals surface area (Å²) in [6.45, 7) is 5.34. The molecule has 1 fully saturated rings. The molecular formula is C10H19NOS. The number of nitrogens with zero attached hydrogens (tertiary/aromatic N) is 1. The van der Waals surface area contributed by atoms with Crippen molar-refractivity contribution in [3.8, 4) is 0 Å². The van der Waals surface area contributed by atoms with Crippen LogP contribution >= 0.6 is 11.8 Å². The van der Waals surface area contributed by atoms with E-state index in [0.29, 0.717) is 23.6 Å². The zero-order valence-electron chi connectivity index (χ0n) is 8.75. The van der Waals surface area contributed by atoms with Crippen LogP contribution in [0.4, 0.5) is 0 Å². The lowest BCUT2D eigenvalue weighted by atomic mass is 9.95. The van der Waals surface area contributed by atoms with Crippen molar-refractivity contribution in [1.82, 2.24) is 4.90 Å². The molecule has 0 spiro atoms. The molecule has 0 aromatic heterocycles. The van der Waals surface area contributed by atoms with E-state index in [1.54, 1.807) is 11.8 Å². The standard InChI is InChI=1S/C10H19NOS/c1-8-4-5-9(2)11(6-8)10(12)7-13-3/h8-9H,4-7H2,1-3H3. The average Bonchev–Trinajstić information content (AvgIpc) is 2.09. The van der Waals surface area contributed by atoms with E-state index in [1.807, 2.05) is 11.2 Å². The third-order valence-corrected chi connectivity index (χ3v) is 3.24. The summed E-state index contributed by atoms with van der Waals surface area (Å²) in [5.41, 5.74) is 0. The van der Waals surface area contributed by atoms with Crippen LogP contribution in [0.2, 0.25) is 0 Å². The van der Waals surface area contributed by atoms with Gasteiger partial charge in [0, 0.05) is 12.6 Å². The zero-order chi connectivity index (χ0) is 9.84. The monoisotopic (exact) mass is 201 g/mol. The van der Waals surface area contributed by atoms with Gasteiger partial charge in [0.2, 0.25) is 5.91 Å². The van der Waals surface area contributed by atoms with Crippen LogP contribution in [0, 0.1) is 5.92 Å². The maximum atomic E-state index is 11.7. The van der Waals surface area contributed by atoms with Gasteiger partial charge >= 0.3 is 0 Å². The largest absolute Gasteiger partial charge is 0.339 e. The molecule has 76 valence electrons. The Morgan fingerprint density at radius 2 is 2.15 bits per heavy atom. The van der Waals surface area contributed by atoms with E-state index in [2.05, 4.69) is 13.8 Å². The number of piperidine rings is 1. The Bertz CT molecular complexity index is 184. The van der Waals surface area contributed by atoms with Crippen LogP contribution < -0.4 is 0 Å². The van der Waals surface area contributed by atoms with Crippen molar-refractivity contribution >= 4 is 17.7 Å². The number of hydrogen-bond donors (Lipinski definition) is 0. The van der Waals surface area contributed by atoms with Crippen molar-refractivity contribution in [2.75, 3.05) is 18.6 Å². The minimum Gasteiger partial charge on any atom is -0.339 e. The van der Waals surface area contributed by atoms with Gasteiger partial charge in [0.05, 0.1) is 5.75 Å². The Morgan fingerprint density at radius 1 is 1.46 bits per heavy atom. The molecule has 1 amide bonds. The second-order valence-electron chi connectivity index (χ2n) is 4.01. The first-order valence-electron chi connectivity index (χ1n) is 4.93. The Balaban J connectivity index is 2.50. The van der Waals surface area contributed by atoms with Crippen molar-refractivity contribution in [1.29, 1.82) is 0 Å². The molecule has 0 radical (unpaired) electrons. The molecule has 0 bridgehead atoms. The van der Waals surface area contributed by atoms with Gasteiger partial charge in [-0.25, -0.2) is 0 Å². The van der Waals surface area contributed by atoms with Gasteiger partial charge in [-0.15, -0.1) is 0 Å². The van der Waals surface area contributed by atoms with E-state index >= 15 is 0 Å². The molecule has 13 heavy (non-hydrogen) atoms. The molecule has 0 N–H and O–H groups in total. The molecule has 1 heterocycles. The molecule has 0 aromatic carbocycles. The first-order chi connectivity index (χ1) is 6.15. The topological polar surface area (TPSA) is 20.3 Å². The zero-order valence-corrected chi connectivity index (χ0v) is 9.56. The van der Waals surface area contributed by atoms with Crippen LogP contribution in [-0.4, -0.2) is 35.4 Å². The SMILES string of the molecule is CSCC(=O)N1CC(C)CCC1C. The number of rotatable bonds is 2.